The van der Waals surface area contributed by atoms with Crippen molar-refractivity contribution >= 4 is 5.91 Å². The van der Waals surface area contributed by atoms with Gasteiger partial charge in [0.05, 0.1) is 13.5 Å². The minimum absolute atomic E-state index is 0.157. The van der Waals surface area contributed by atoms with Crippen LogP contribution in [0.15, 0.2) is 24.3 Å². The van der Waals surface area contributed by atoms with E-state index in [4.69, 9.17) is 9.84 Å². The Labute approximate surface area is 114 Å². The molecule has 0 unspecified atom stereocenters. The first kappa shape index (κ1) is 13.9. The zero-order chi connectivity index (χ0) is 13.7. The molecule has 1 aliphatic rings. The smallest absolute Gasteiger partial charge is 0.226 e. The first-order chi connectivity index (χ1) is 9.22. The molecule has 0 radical (unpaired) electrons. The van der Waals surface area contributed by atoms with Crippen molar-refractivity contribution in [3.05, 3.63) is 29.8 Å². The number of aliphatic hydroxyl groups is 1. The van der Waals surface area contributed by atoms with Gasteiger partial charge in [-0.1, -0.05) is 12.1 Å². The molecule has 0 spiro atoms. The number of carbonyl (C=O) groups excluding carboxylic acids is 1. The number of likely N-dealkylation sites (tertiary alicyclic amines) is 1. The van der Waals surface area contributed by atoms with Gasteiger partial charge >= 0.3 is 0 Å². The summed E-state index contributed by atoms with van der Waals surface area (Å²) in [6.07, 6.45) is 2.22. The molecule has 4 heteroatoms. The van der Waals surface area contributed by atoms with Gasteiger partial charge in [-0.05, 0) is 36.5 Å². The molecule has 104 valence electrons. The molecule has 0 atom stereocenters. The maximum atomic E-state index is 12.2. The molecule has 1 N–H and O–H groups in total. The Morgan fingerprint density at radius 1 is 1.42 bits per heavy atom. The van der Waals surface area contributed by atoms with E-state index in [0.29, 0.717) is 12.3 Å². The molecule has 0 bridgehead atoms. The van der Waals surface area contributed by atoms with Crippen LogP contribution in [0.2, 0.25) is 0 Å². The van der Waals surface area contributed by atoms with E-state index >= 15 is 0 Å². The van der Waals surface area contributed by atoms with Crippen LogP contribution in [-0.4, -0.2) is 42.7 Å². The number of hydrogen-bond donors (Lipinski definition) is 1. The highest BCUT2D eigenvalue weighted by Gasteiger charge is 2.22. The van der Waals surface area contributed by atoms with E-state index in [1.54, 1.807) is 7.11 Å². The lowest BCUT2D eigenvalue weighted by molar-refractivity contribution is -0.132. The van der Waals surface area contributed by atoms with Crippen molar-refractivity contribution in [3.8, 4) is 5.75 Å². The van der Waals surface area contributed by atoms with Crippen LogP contribution in [-0.2, 0) is 11.2 Å². The Hall–Kier alpha value is -1.55. The lowest BCUT2D eigenvalue weighted by Gasteiger charge is -2.31. The van der Waals surface area contributed by atoms with Crippen LogP contribution < -0.4 is 4.74 Å². The molecule has 2 rings (SSSR count). The van der Waals surface area contributed by atoms with Gasteiger partial charge in [-0.15, -0.1) is 0 Å². The van der Waals surface area contributed by atoms with E-state index in [2.05, 4.69) is 0 Å². The number of methoxy groups -OCH3 is 1. The minimum Gasteiger partial charge on any atom is -0.497 e. The minimum atomic E-state index is 0.157. The molecule has 1 aromatic rings. The van der Waals surface area contributed by atoms with Gasteiger partial charge in [0.1, 0.15) is 5.75 Å². The van der Waals surface area contributed by atoms with E-state index in [9.17, 15) is 4.79 Å². The van der Waals surface area contributed by atoms with Crippen LogP contribution in [0.25, 0.3) is 0 Å². The zero-order valence-corrected chi connectivity index (χ0v) is 11.3. The average molecular weight is 263 g/mol. The summed E-state index contributed by atoms with van der Waals surface area (Å²) in [5.74, 6) is 1.30. The third-order valence-electron chi connectivity index (χ3n) is 3.71. The second-order valence-electron chi connectivity index (χ2n) is 5.04. The van der Waals surface area contributed by atoms with Gasteiger partial charge in [0.25, 0.3) is 0 Å². The molecule has 4 nitrogen and oxygen atoms in total. The maximum Gasteiger partial charge on any atom is 0.226 e. The second kappa shape index (κ2) is 6.57. The molecule has 1 fully saturated rings. The predicted octanol–water partition coefficient (Wildman–Crippen LogP) is 1.47. The highest BCUT2D eigenvalue weighted by atomic mass is 16.5. The molecule has 0 saturated carbocycles. The molecular weight excluding hydrogens is 242 g/mol. The van der Waals surface area contributed by atoms with Gasteiger partial charge in [-0.3, -0.25) is 4.79 Å². The quantitative estimate of drug-likeness (QED) is 0.895. The fourth-order valence-corrected chi connectivity index (χ4v) is 2.43. The normalized spacial score (nSPS) is 16.4. The molecule has 1 heterocycles. The average Bonchev–Trinajstić information content (AvgIpc) is 2.47. The fraction of sp³-hybridized carbons (Fsp3) is 0.533. The van der Waals surface area contributed by atoms with E-state index in [0.717, 1.165) is 37.2 Å². The summed E-state index contributed by atoms with van der Waals surface area (Å²) in [6, 6.07) is 7.62. The number of piperidine rings is 1. The van der Waals surface area contributed by atoms with Crippen LogP contribution in [0, 0.1) is 5.92 Å². The third-order valence-corrected chi connectivity index (χ3v) is 3.71. The maximum absolute atomic E-state index is 12.2. The van der Waals surface area contributed by atoms with Gasteiger partial charge < -0.3 is 14.7 Å². The fourth-order valence-electron chi connectivity index (χ4n) is 2.43. The summed E-state index contributed by atoms with van der Waals surface area (Å²) in [5.41, 5.74) is 0.980. The van der Waals surface area contributed by atoms with Gasteiger partial charge in [-0.25, -0.2) is 0 Å². The molecule has 1 saturated heterocycles. The van der Waals surface area contributed by atoms with Crippen molar-refractivity contribution in [3.63, 3.8) is 0 Å². The lowest BCUT2D eigenvalue weighted by atomic mass is 9.97. The Bertz CT molecular complexity index is 425. The molecule has 19 heavy (non-hydrogen) atoms. The first-order valence-electron chi connectivity index (χ1n) is 6.74. The van der Waals surface area contributed by atoms with Crippen molar-refractivity contribution in [1.82, 2.24) is 4.90 Å². The van der Waals surface area contributed by atoms with E-state index in [-0.39, 0.29) is 12.5 Å². The number of amides is 1. The zero-order valence-electron chi connectivity index (χ0n) is 11.3. The molecular formula is C15H21NO3. The molecule has 1 aliphatic heterocycles. The second-order valence-corrected chi connectivity index (χ2v) is 5.04. The summed E-state index contributed by atoms with van der Waals surface area (Å²) in [7, 11) is 1.63. The number of ether oxygens (including phenoxy) is 1. The largest absolute Gasteiger partial charge is 0.497 e. The number of benzene rings is 1. The summed E-state index contributed by atoms with van der Waals surface area (Å²) in [4.78, 5) is 14.1. The topological polar surface area (TPSA) is 49.8 Å². The molecule has 1 aromatic carbocycles. The SMILES string of the molecule is COc1cccc(CC(=O)N2CCC(CO)CC2)c1. The number of rotatable bonds is 4. The van der Waals surface area contributed by atoms with E-state index < -0.39 is 0 Å². The van der Waals surface area contributed by atoms with Crippen molar-refractivity contribution in [2.24, 2.45) is 5.92 Å². The molecule has 0 aromatic heterocycles. The van der Waals surface area contributed by atoms with Gasteiger partial charge in [0, 0.05) is 19.7 Å². The van der Waals surface area contributed by atoms with Crippen molar-refractivity contribution in [2.75, 3.05) is 26.8 Å². The predicted molar refractivity (Wildman–Crippen MR) is 73.1 cm³/mol. The molecule has 0 aliphatic carbocycles. The Balaban J connectivity index is 1.90. The van der Waals surface area contributed by atoms with Crippen LogP contribution in [0.1, 0.15) is 18.4 Å². The summed E-state index contributed by atoms with van der Waals surface area (Å²) < 4.78 is 5.16. The van der Waals surface area contributed by atoms with Crippen LogP contribution in [0.5, 0.6) is 5.75 Å². The van der Waals surface area contributed by atoms with Gasteiger partial charge in [0.2, 0.25) is 5.91 Å². The number of nitrogens with zero attached hydrogens (tertiary/aromatic N) is 1. The summed E-state index contributed by atoms with van der Waals surface area (Å²) in [5, 5.41) is 9.09. The summed E-state index contributed by atoms with van der Waals surface area (Å²) in [6.45, 7) is 1.75. The number of hydrogen-bond acceptors (Lipinski definition) is 3. The number of carbonyl (C=O) groups is 1. The van der Waals surface area contributed by atoms with E-state index in [1.165, 1.54) is 0 Å². The van der Waals surface area contributed by atoms with Gasteiger partial charge in [-0.2, -0.15) is 0 Å². The third kappa shape index (κ3) is 3.70. The first-order valence-corrected chi connectivity index (χ1v) is 6.74. The standard InChI is InChI=1S/C15H21NO3/c1-19-14-4-2-3-13(9-14)10-15(18)16-7-5-12(11-17)6-8-16/h2-4,9,12,17H,5-8,10-11H2,1H3. The van der Waals surface area contributed by atoms with Crippen LogP contribution in [0.3, 0.4) is 0 Å². The number of aliphatic hydroxyl groups excluding tert-OH is 1. The Kier molecular flexibility index (Phi) is 4.80. The highest BCUT2D eigenvalue weighted by molar-refractivity contribution is 5.79. The van der Waals surface area contributed by atoms with Crippen molar-refractivity contribution in [2.45, 2.75) is 19.3 Å². The highest BCUT2D eigenvalue weighted by Crippen LogP contribution is 2.18. The van der Waals surface area contributed by atoms with Crippen LogP contribution in [0.4, 0.5) is 0 Å². The monoisotopic (exact) mass is 263 g/mol. The Morgan fingerprint density at radius 3 is 2.79 bits per heavy atom. The van der Waals surface area contributed by atoms with Crippen LogP contribution >= 0.6 is 0 Å². The Morgan fingerprint density at radius 2 is 2.16 bits per heavy atom. The van der Waals surface area contributed by atoms with E-state index in [1.807, 2.05) is 29.2 Å². The van der Waals surface area contributed by atoms with Crippen molar-refractivity contribution < 1.29 is 14.6 Å². The summed E-state index contributed by atoms with van der Waals surface area (Å²) >= 11 is 0. The van der Waals surface area contributed by atoms with Crippen molar-refractivity contribution in [1.29, 1.82) is 0 Å². The lowest BCUT2D eigenvalue weighted by Crippen LogP contribution is -2.40. The molecule has 1 amide bonds. The van der Waals surface area contributed by atoms with Gasteiger partial charge in [0.15, 0.2) is 0 Å².